The lowest BCUT2D eigenvalue weighted by Crippen LogP contribution is -2.18. The average Bonchev–Trinajstić information content (AvgIpc) is 2.89. The SMILES string of the molecule is CSCCn1c(=NC(=O)c2ccccc2C)sc2cc(C)ccc21. The molecular weight excluding hydrogens is 336 g/mol. The van der Waals surface area contributed by atoms with Gasteiger partial charge in [-0.25, -0.2) is 0 Å². The molecule has 124 valence electrons. The molecular formula is C19H20N2OS2. The lowest BCUT2D eigenvalue weighted by Gasteiger charge is -2.04. The van der Waals surface area contributed by atoms with Crippen LogP contribution in [-0.4, -0.2) is 22.5 Å². The molecule has 0 aliphatic rings. The van der Waals surface area contributed by atoms with Crippen molar-refractivity contribution in [2.24, 2.45) is 4.99 Å². The monoisotopic (exact) mass is 356 g/mol. The number of thioether (sulfide) groups is 1. The number of aryl methyl sites for hydroxylation is 3. The molecule has 1 amide bonds. The van der Waals surface area contributed by atoms with E-state index in [9.17, 15) is 4.79 Å². The van der Waals surface area contributed by atoms with Gasteiger partial charge in [0.2, 0.25) is 0 Å². The van der Waals surface area contributed by atoms with Crippen LogP contribution in [0.2, 0.25) is 0 Å². The Morgan fingerprint density at radius 2 is 2.00 bits per heavy atom. The fraction of sp³-hybridized carbons (Fsp3) is 0.263. The van der Waals surface area contributed by atoms with E-state index in [0.29, 0.717) is 5.56 Å². The summed E-state index contributed by atoms with van der Waals surface area (Å²) in [5.74, 6) is 0.820. The van der Waals surface area contributed by atoms with Crippen molar-refractivity contribution in [1.82, 2.24) is 4.57 Å². The summed E-state index contributed by atoms with van der Waals surface area (Å²) < 4.78 is 3.33. The average molecular weight is 357 g/mol. The highest BCUT2D eigenvalue weighted by Crippen LogP contribution is 2.19. The van der Waals surface area contributed by atoms with E-state index in [4.69, 9.17) is 0 Å². The minimum Gasteiger partial charge on any atom is -0.316 e. The van der Waals surface area contributed by atoms with Gasteiger partial charge in [-0.3, -0.25) is 4.79 Å². The van der Waals surface area contributed by atoms with Crippen molar-refractivity contribution in [2.75, 3.05) is 12.0 Å². The fourth-order valence-corrected chi connectivity index (χ4v) is 4.14. The maximum absolute atomic E-state index is 12.6. The van der Waals surface area contributed by atoms with Crippen LogP contribution in [0.3, 0.4) is 0 Å². The molecule has 0 N–H and O–H groups in total. The molecule has 3 rings (SSSR count). The van der Waals surface area contributed by atoms with E-state index < -0.39 is 0 Å². The van der Waals surface area contributed by atoms with Crippen LogP contribution in [-0.2, 0) is 6.54 Å². The second kappa shape index (κ2) is 7.36. The molecule has 0 aliphatic heterocycles. The third-order valence-electron chi connectivity index (χ3n) is 3.93. The Bertz CT molecular complexity index is 953. The Kier molecular flexibility index (Phi) is 5.21. The number of amides is 1. The molecule has 24 heavy (non-hydrogen) atoms. The van der Waals surface area contributed by atoms with Crippen LogP contribution in [0, 0.1) is 13.8 Å². The lowest BCUT2D eigenvalue weighted by molar-refractivity contribution is 0.0997. The number of hydrogen-bond acceptors (Lipinski definition) is 3. The molecule has 0 radical (unpaired) electrons. The smallest absolute Gasteiger partial charge is 0.279 e. The van der Waals surface area contributed by atoms with Gasteiger partial charge in [-0.05, 0) is 49.4 Å². The van der Waals surface area contributed by atoms with Crippen LogP contribution in [0.25, 0.3) is 10.2 Å². The Labute approximate surface area is 150 Å². The predicted octanol–water partition coefficient (Wildman–Crippen LogP) is 4.42. The van der Waals surface area contributed by atoms with E-state index in [1.54, 1.807) is 23.1 Å². The molecule has 0 bridgehead atoms. The summed E-state index contributed by atoms with van der Waals surface area (Å²) in [6.07, 6.45) is 2.09. The normalized spacial score (nSPS) is 12.0. The van der Waals surface area contributed by atoms with Gasteiger partial charge in [-0.2, -0.15) is 16.8 Å². The van der Waals surface area contributed by atoms with Crippen molar-refractivity contribution in [3.8, 4) is 0 Å². The number of fused-ring (bicyclic) bond motifs is 1. The van der Waals surface area contributed by atoms with Crippen LogP contribution >= 0.6 is 23.1 Å². The fourth-order valence-electron chi connectivity index (χ4n) is 2.62. The van der Waals surface area contributed by atoms with Crippen molar-refractivity contribution in [1.29, 1.82) is 0 Å². The largest absolute Gasteiger partial charge is 0.316 e. The van der Waals surface area contributed by atoms with Crippen molar-refractivity contribution < 1.29 is 4.79 Å². The van der Waals surface area contributed by atoms with Gasteiger partial charge in [0.15, 0.2) is 4.80 Å². The van der Waals surface area contributed by atoms with Crippen molar-refractivity contribution in [3.63, 3.8) is 0 Å². The highest BCUT2D eigenvalue weighted by Gasteiger charge is 2.10. The molecule has 1 heterocycles. The molecule has 5 heteroatoms. The molecule has 1 aromatic heterocycles. The molecule has 0 saturated carbocycles. The first-order valence-electron chi connectivity index (χ1n) is 7.84. The Balaban J connectivity index is 2.13. The summed E-state index contributed by atoms with van der Waals surface area (Å²) in [4.78, 5) is 17.8. The second-order valence-electron chi connectivity index (χ2n) is 5.73. The molecule has 0 saturated heterocycles. The van der Waals surface area contributed by atoms with E-state index in [0.717, 1.165) is 28.2 Å². The van der Waals surface area contributed by atoms with E-state index in [-0.39, 0.29) is 5.91 Å². The first-order chi connectivity index (χ1) is 11.6. The van der Waals surface area contributed by atoms with E-state index in [1.807, 2.05) is 31.2 Å². The molecule has 0 spiro atoms. The zero-order valence-corrected chi connectivity index (χ0v) is 15.7. The predicted molar refractivity (Wildman–Crippen MR) is 104 cm³/mol. The lowest BCUT2D eigenvalue weighted by atomic mass is 10.1. The summed E-state index contributed by atoms with van der Waals surface area (Å²) in [5, 5.41) is 0. The van der Waals surface area contributed by atoms with Crippen molar-refractivity contribution >= 4 is 39.2 Å². The highest BCUT2D eigenvalue weighted by atomic mass is 32.2. The van der Waals surface area contributed by atoms with Crippen LogP contribution < -0.4 is 4.80 Å². The van der Waals surface area contributed by atoms with Gasteiger partial charge >= 0.3 is 0 Å². The number of rotatable bonds is 4. The zero-order chi connectivity index (χ0) is 17.1. The maximum Gasteiger partial charge on any atom is 0.279 e. The van der Waals surface area contributed by atoms with Crippen LogP contribution in [0.1, 0.15) is 21.5 Å². The summed E-state index contributed by atoms with van der Waals surface area (Å²) in [7, 11) is 0. The standard InChI is InChI=1S/C19H20N2OS2/c1-13-8-9-16-17(12-13)24-19(21(16)10-11-23-3)20-18(22)15-7-5-4-6-14(15)2/h4-9,12H,10-11H2,1-3H3. The summed E-state index contributed by atoms with van der Waals surface area (Å²) in [6, 6.07) is 14.0. The number of aromatic nitrogens is 1. The number of carbonyl (C=O) groups excluding carboxylic acids is 1. The Hall–Kier alpha value is -1.85. The van der Waals surface area contributed by atoms with Gasteiger partial charge in [-0.1, -0.05) is 35.6 Å². The van der Waals surface area contributed by atoms with Crippen LogP contribution in [0.15, 0.2) is 47.5 Å². The minimum absolute atomic E-state index is 0.172. The summed E-state index contributed by atoms with van der Waals surface area (Å²) >= 11 is 3.38. The van der Waals surface area contributed by atoms with Gasteiger partial charge < -0.3 is 4.57 Å². The number of carbonyl (C=O) groups is 1. The molecule has 3 aromatic rings. The van der Waals surface area contributed by atoms with Crippen molar-refractivity contribution in [3.05, 3.63) is 64.0 Å². The molecule has 0 aliphatic carbocycles. The molecule has 2 aromatic carbocycles. The third kappa shape index (κ3) is 3.47. The summed E-state index contributed by atoms with van der Waals surface area (Å²) in [6.45, 7) is 4.88. The topological polar surface area (TPSA) is 34.4 Å². The summed E-state index contributed by atoms with van der Waals surface area (Å²) in [5.41, 5.74) is 4.00. The van der Waals surface area contributed by atoms with Gasteiger partial charge in [0.1, 0.15) is 0 Å². The van der Waals surface area contributed by atoms with E-state index in [2.05, 4.69) is 40.9 Å². The second-order valence-corrected chi connectivity index (χ2v) is 7.73. The molecule has 0 fully saturated rings. The number of nitrogens with zero attached hydrogens (tertiary/aromatic N) is 2. The van der Waals surface area contributed by atoms with E-state index in [1.165, 1.54) is 10.3 Å². The first kappa shape index (κ1) is 17.0. The first-order valence-corrected chi connectivity index (χ1v) is 10.0. The molecule has 3 nitrogen and oxygen atoms in total. The third-order valence-corrected chi connectivity index (χ3v) is 5.56. The number of hydrogen-bond donors (Lipinski definition) is 0. The molecule has 0 unspecified atom stereocenters. The Morgan fingerprint density at radius 3 is 2.75 bits per heavy atom. The van der Waals surface area contributed by atoms with E-state index >= 15 is 0 Å². The van der Waals surface area contributed by atoms with Gasteiger partial charge in [0.05, 0.1) is 10.2 Å². The van der Waals surface area contributed by atoms with Crippen molar-refractivity contribution in [2.45, 2.75) is 20.4 Å². The maximum atomic E-state index is 12.6. The van der Waals surface area contributed by atoms with Gasteiger partial charge in [0.25, 0.3) is 5.91 Å². The number of thiazole rings is 1. The van der Waals surface area contributed by atoms with Gasteiger partial charge in [-0.15, -0.1) is 0 Å². The van der Waals surface area contributed by atoms with Gasteiger partial charge in [0, 0.05) is 17.9 Å². The highest BCUT2D eigenvalue weighted by molar-refractivity contribution is 7.98. The quantitative estimate of drug-likeness (QED) is 0.693. The number of benzene rings is 2. The van der Waals surface area contributed by atoms with Crippen LogP contribution in [0.5, 0.6) is 0 Å². The minimum atomic E-state index is -0.172. The molecule has 0 atom stereocenters. The zero-order valence-electron chi connectivity index (χ0n) is 14.1. The Morgan fingerprint density at radius 1 is 1.21 bits per heavy atom. The van der Waals surface area contributed by atoms with Crippen LogP contribution in [0.4, 0.5) is 0 Å².